The average molecular weight is 578 g/mol. The van der Waals surface area contributed by atoms with Gasteiger partial charge in [-0.3, -0.25) is 9.59 Å². The number of carbonyl (C=O) groups excluding carboxylic acids is 3. The number of hydrogen-bond donors (Lipinski definition) is 1. The standard InChI is InChI=1S/C26H31N3O6S3/c1-4-34-12-11-29-18-10-9-16(35-5-2)13-20(18)38-26(29)28-22(31)15-36-14-21(30)27-24-23(25(32)33-3)17-7-6-8-19(17)37-24/h9-10,13H,4-8,11-12,14-15H2,1-3H3,(H,27,30). The van der Waals surface area contributed by atoms with Crippen molar-refractivity contribution >= 4 is 67.4 Å². The van der Waals surface area contributed by atoms with Crippen molar-refractivity contribution in [3.63, 3.8) is 0 Å². The van der Waals surface area contributed by atoms with E-state index in [1.165, 1.54) is 41.5 Å². The first-order chi connectivity index (χ1) is 18.4. The number of esters is 1. The molecule has 12 heteroatoms. The van der Waals surface area contributed by atoms with Gasteiger partial charge in [0.05, 0.1) is 47.6 Å². The molecule has 0 aliphatic heterocycles. The molecule has 2 heterocycles. The summed E-state index contributed by atoms with van der Waals surface area (Å²) in [6.45, 7) is 6.12. The van der Waals surface area contributed by atoms with Crippen LogP contribution < -0.4 is 14.9 Å². The molecule has 1 aliphatic carbocycles. The molecule has 1 N–H and O–H groups in total. The number of nitrogens with one attached hydrogen (secondary N) is 1. The maximum atomic E-state index is 12.7. The Morgan fingerprint density at radius 3 is 2.74 bits per heavy atom. The minimum atomic E-state index is -0.435. The summed E-state index contributed by atoms with van der Waals surface area (Å²) in [6, 6.07) is 5.82. The number of nitrogens with zero attached hydrogens (tertiary/aromatic N) is 2. The van der Waals surface area contributed by atoms with Gasteiger partial charge in [-0.25, -0.2) is 4.79 Å². The minimum absolute atomic E-state index is 0.0577. The molecule has 4 rings (SSSR count). The van der Waals surface area contributed by atoms with Crippen molar-refractivity contribution < 1.29 is 28.6 Å². The van der Waals surface area contributed by atoms with Crippen molar-refractivity contribution in [1.29, 1.82) is 0 Å². The van der Waals surface area contributed by atoms with Crippen molar-refractivity contribution in [2.45, 2.75) is 39.7 Å². The van der Waals surface area contributed by atoms with Gasteiger partial charge < -0.3 is 24.1 Å². The molecule has 1 aliphatic rings. The lowest BCUT2D eigenvalue weighted by Gasteiger charge is -2.07. The highest BCUT2D eigenvalue weighted by molar-refractivity contribution is 8.00. The third kappa shape index (κ3) is 6.66. The van der Waals surface area contributed by atoms with Crippen LogP contribution in [-0.2, 0) is 38.4 Å². The first-order valence-corrected chi connectivity index (χ1v) is 15.3. The number of thiazole rings is 1. The van der Waals surface area contributed by atoms with E-state index in [1.807, 2.05) is 36.6 Å². The zero-order valence-corrected chi connectivity index (χ0v) is 24.1. The molecule has 204 valence electrons. The minimum Gasteiger partial charge on any atom is -0.494 e. The number of methoxy groups -OCH3 is 1. The summed E-state index contributed by atoms with van der Waals surface area (Å²) in [4.78, 5) is 43.7. The normalized spacial score (nSPS) is 13.1. The molecule has 0 fully saturated rings. The first-order valence-electron chi connectivity index (χ1n) is 12.5. The third-order valence-electron chi connectivity index (χ3n) is 5.87. The number of fused-ring (bicyclic) bond motifs is 2. The zero-order valence-electron chi connectivity index (χ0n) is 21.7. The molecule has 1 aromatic carbocycles. The largest absolute Gasteiger partial charge is 0.494 e. The Morgan fingerprint density at radius 2 is 1.97 bits per heavy atom. The quantitative estimate of drug-likeness (QED) is 0.253. The van der Waals surface area contributed by atoms with Crippen molar-refractivity contribution in [3.05, 3.63) is 39.0 Å². The highest BCUT2D eigenvalue weighted by atomic mass is 32.2. The van der Waals surface area contributed by atoms with Gasteiger partial charge in [-0.15, -0.1) is 23.1 Å². The Balaban J connectivity index is 1.41. The van der Waals surface area contributed by atoms with E-state index in [4.69, 9.17) is 14.2 Å². The van der Waals surface area contributed by atoms with Crippen molar-refractivity contribution in [1.82, 2.24) is 4.57 Å². The molecule has 0 saturated carbocycles. The molecule has 0 saturated heterocycles. The number of anilines is 1. The Labute approximate surface area is 233 Å². The molecular weight excluding hydrogens is 547 g/mol. The van der Waals surface area contributed by atoms with E-state index in [1.54, 1.807) is 0 Å². The fourth-order valence-electron chi connectivity index (χ4n) is 4.25. The molecule has 0 unspecified atom stereocenters. The summed E-state index contributed by atoms with van der Waals surface area (Å²) in [5.41, 5.74) is 2.40. The second-order valence-corrected chi connectivity index (χ2v) is 11.5. The fraction of sp³-hybridized carbons (Fsp3) is 0.462. The topological polar surface area (TPSA) is 108 Å². The molecule has 0 bridgehead atoms. The molecule has 0 radical (unpaired) electrons. The van der Waals surface area contributed by atoms with E-state index in [2.05, 4.69) is 10.3 Å². The summed E-state index contributed by atoms with van der Waals surface area (Å²) in [6.07, 6.45) is 2.71. The zero-order chi connectivity index (χ0) is 27.1. The average Bonchev–Trinajstić information content (AvgIpc) is 3.57. The number of aryl methyl sites for hydroxylation is 1. The van der Waals surface area contributed by atoms with Crippen LogP contribution in [0.5, 0.6) is 5.75 Å². The number of thiophene rings is 1. The van der Waals surface area contributed by atoms with Crippen LogP contribution in [0.4, 0.5) is 5.00 Å². The lowest BCUT2D eigenvalue weighted by atomic mass is 10.1. The van der Waals surface area contributed by atoms with Gasteiger partial charge in [-0.2, -0.15) is 4.99 Å². The molecular formula is C26H31N3O6S3. The van der Waals surface area contributed by atoms with Crippen LogP contribution in [0.15, 0.2) is 23.2 Å². The number of thioether (sulfide) groups is 1. The number of carbonyl (C=O) groups is 3. The second kappa shape index (κ2) is 13.4. The highest BCUT2D eigenvalue weighted by Gasteiger charge is 2.28. The van der Waals surface area contributed by atoms with E-state index in [9.17, 15) is 14.4 Å². The van der Waals surface area contributed by atoms with Gasteiger partial charge in [0.15, 0.2) is 4.80 Å². The van der Waals surface area contributed by atoms with Crippen molar-refractivity contribution in [2.75, 3.05) is 43.8 Å². The summed E-state index contributed by atoms with van der Waals surface area (Å²) in [5.74, 6) is -0.138. The van der Waals surface area contributed by atoms with Crippen molar-refractivity contribution in [2.24, 2.45) is 4.99 Å². The van der Waals surface area contributed by atoms with Gasteiger partial charge in [0.1, 0.15) is 10.8 Å². The molecule has 9 nitrogen and oxygen atoms in total. The van der Waals surface area contributed by atoms with E-state index < -0.39 is 5.97 Å². The Bertz CT molecular complexity index is 1390. The molecule has 2 amide bonds. The Hall–Kier alpha value is -2.67. The van der Waals surface area contributed by atoms with Gasteiger partial charge in [0, 0.05) is 18.0 Å². The van der Waals surface area contributed by atoms with E-state index in [0.29, 0.717) is 41.7 Å². The number of hydrogen-bond acceptors (Lipinski definition) is 9. The molecule has 0 atom stereocenters. The second-order valence-electron chi connectivity index (χ2n) is 8.40. The monoisotopic (exact) mass is 577 g/mol. The Kier molecular flexibility index (Phi) is 10.0. The molecule has 2 aromatic heterocycles. The van der Waals surface area contributed by atoms with Crippen LogP contribution in [0.1, 0.15) is 41.1 Å². The molecule has 3 aromatic rings. The lowest BCUT2D eigenvalue weighted by molar-refractivity contribution is -0.115. The smallest absolute Gasteiger partial charge is 0.341 e. The van der Waals surface area contributed by atoms with Gasteiger partial charge in [-0.1, -0.05) is 11.3 Å². The number of benzene rings is 1. The third-order valence-corrected chi connectivity index (χ3v) is 9.04. The van der Waals surface area contributed by atoms with Gasteiger partial charge in [0.25, 0.3) is 5.91 Å². The maximum Gasteiger partial charge on any atom is 0.341 e. The van der Waals surface area contributed by atoms with Crippen LogP contribution in [-0.4, -0.2) is 60.8 Å². The number of amides is 2. The number of aromatic nitrogens is 1. The first kappa shape index (κ1) is 28.3. The van der Waals surface area contributed by atoms with Crippen LogP contribution in [0.25, 0.3) is 10.2 Å². The van der Waals surface area contributed by atoms with Gasteiger partial charge in [0.2, 0.25) is 5.91 Å². The summed E-state index contributed by atoms with van der Waals surface area (Å²) in [7, 11) is 1.34. The predicted molar refractivity (Wildman–Crippen MR) is 152 cm³/mol. The molecule has 38 heavy (non-hydrogen) atoms. The SMILES string of the molecule is CCOCCn1c(=NC(=O)CSCC(=O)Nc2sc3c(c2C(=O)OC)CCC3)sc2cc(OCC)ccc21. The van der Waals surface area contributed by atoms with Crippen molar-refractivity contribution in [3.8, 4) is 5.75 Å². The van der Waals surface area contributed by atoms with E-state index in [0.717, 1.165) is 45.7 Å². The van der Waals surface area contributed by atoms with Crippen LogP contribution in [0.3, 0.4) is 0 Å². The van der Waals surface area contributed by atoms with Gasteiger partial charge >= 0.3 is 5.97 Å². The predicted octanol–water partition coefficient (Wildman–Crippen LogP) is 4.27. The summed E-state index contributed by atoms with van der Waals surface area (Å²) >= 11 is 4.03. The summed E-state index contributed by atoms with van der Waals surface area (Å²) < 4.78 is 19.0. The number of ether oxygens (including phenoxy) is 3. The molecule has 0 spiro atoms. The van der Waals surface area contributed by atoms with E-state index >= 15 is 0 Å². The van der Waals surface area contributed by atoms with E-state index in [-0.39, 0.29) is 23.3 Å². The highest BCUT2D eigenvalue weighted by Crippen LogP contribution is 2.39. The van der Waals surface area contributed by atoms with Crippen LogP contribution in [0.2, 0.25) is 0 Å². The van der Waals surface area contributed by atoms with Gasteiger partial charge in [-0.05, 0) is 56.9 Å². The lowest BCUT2D eigenvalue weighted by Crippen LogP contribution is -2.20. The Morgan fingerprint density at radius 1 is 1.13 bits per heavy atom. The summed E-state index contributed by atoms with van der Waals surface area (Å²) in [5, 5.41) is 3.36. The number of rotatable bonds is 12. The maximum absolute atomic E-state index is 12.7. The van der Waals surface area contributed by atoms with Crippen LogP contribution in [0, 0.1) is 0 Å². The van der Waals surface area contributed by atoms with Crippen LogP contribution >= 0.6 is 34.4 Å². The fourth-order valence-corrected chi connectivity index (χ4v) is 7.25.